The van der Waals surface area contributed by atoms with Crippen molar-refractivity contribution in [2.75, 3.05) is 26.2 Å². The van der Waals surface area contributed by atoms with Gasteiger partial charge in [-0.25, -0.2) is 4.39 Å². The van der Waals surface area contributed by atoms with Gasteiger partial charge in [0.15, 0.2) is 0 Å². The van der Waals surface area contributed by atoms with Crippen LogP contribution >= 0.6 is 24.8 Å². The van der Waals surface area contributed by atoms with Crippen molar-refractivity contribution < 1.29 is 9.50 Å². The monoisotopic (exact) mass is 335 g/mol. The molecule has 1 saturated heterocycles. The van der Waals surface area contributed by atoms with Gasteiger partial charge in [-0.3, -0.25) is 4.90 Å². The molecule has 21 heavy (non-hydrogen) atoms. The molecule has 1 aliphatic heterocycles. The number of nitrogens with zero attached hydrogens (tertiary/aromatic N) is 2. The quantitative estimate of drug-likeness (QED) is 0.891. The predicted octanol–water partition coefficient (Wildman–Crippen LogP) is 2.60. The average Bonchev–Trinajstić information content (AvgIpc) is 2.44. The largest absolute Gasteiger partial charge is 0.506 e. The van der Waals surface area contributed by atoms with Gasteiger partial charge in [-0.05, 0) is 12.5 Å². The normalized spacial score (nSPS) is 16.2. The van der Waals surface area contributed by atoms with E-state index >= 15 is 0 Å². The zero-order valence-electron chi connectivity index (χ0n) is 11.8. The summed E-state index contributed by atoms with van der Waals surface area (Å²) in [6, 6.07) is 4.60. The Balaban J connectivity index is 0.00000200. The molecule has 1 aliphatic rings. The molecule has 0 bridgehead atoms. The average molecular weight is 336 g/mol. The molecule has 4 nitrogen and oxygen atoms in total. The molecular formula is C14H20Cl2FN3O. The number of nitriles is 1. The number of halogens is 3. The van der Waals surface area contributed by atoms with E-state index < -0.39 is 5.82 Å². The third kappa shape index (κ3) is 4.21. The SMILES string of the molecule is CC[C@@H](c1ccc(F)c(C#N)c1O)N1CCNCC1.Cl.Cl. The molecular weight excluding hydrogens is 316 g/mol. The van der Waals surface area contributed by atoms with E-state index in [-0.39, 0.29) is 42.2 Å². The smallest absolute Gasteiger partial charge is 0.144 e. The molecule has 1 atom stereocenters. The lowest BCUT2D eigenvalue weighted by molar-refractivity contribution is 0.166. The van der Waals surface area contributed by atoms with E-state index in [1.54, 1.807) is 12.1 Å². The van der Waals surface area contributed by atoms with E-state index in [0.717, 1.165) is 32.6 Å². The van der Waals surface area contributed by atoms with Crippen molar-refractivity contribution >= 4 is 24.8 Å². The van der Waals surface area contributed by atoms with Gasteiger partial charge in [0, 0.05) is 37.8 Å². The fourth-order valence-corrected chi connectivity index (χ4v) is 2.63. The summed E-state index contributed by atoms with van der Waals surface area (Å²) in [6.45, 7) is 5.61. The summed E-state index contributed by atoms with van der Waals surface area (Å²) in [5.74, 6) is -0.883. The predicted molar refractivity (Wildman–Crippen MR) is 84.8 cm³/mol. The van der Waals surface area contributed by atoms with E-state index in [2.05, 4.69) is 10.2 Å². The number of hydrogen-bond acceptors (Lipinski definition) is 4. The van der Waals surface area contributed by atoms with Gasteiger partial charge in [0.1, 0.15) is 23.2 Å². The lowest BCUT2D eigenvalue weighted by atomic mass is 9.98. The van der Waals surface area contributed by atoms with Crippen molar-refractivity contribution in [3.8, 4) is 11.8 Å². The number of rotatable bonds is 3. The van der Waals surface area contributed by atoms with Gasteiger partial charge in [0.05, 0.1) is 0 Å². The summed E-state index contributed by atoms with van der Waals surface area (Å²) in [5.41, 5.74) is 0.383. The fraction of sp³-hybridized carbons (Fsp3) is 0.500. The van der Waals surface area contributed by atoms with Gasteiger partial charge >= 0.3 is 0 Å². The van der Waals surface area contributed by atoms with Gasteiger partial charge in [-0.2, -0.15) is 5.26 Å². The van der Waals surface area contributed by atoms with Crippen LogP contribution < -0.4 is 5.32 Å². The molecule has 118 valence electrons. The Morgan fingerprint density at radius 1 is 1.38 bits per heavy atom. The summed E-state index contributed by atoms with van der Waals surface area (Å²) in [7, 11) is 0. The number of piperazine rings is 1. The number of aromatic hydroxyl groups is 1. The first-order valence-electron chi connectivity index (χ1n) is 6.55. The maximum absolute atomic E-state index is 13.4. The van der Waals surface area contributed by atoms with Gasteiger partial charge in [0.25, 0.3) is 0 Å². The van der Waals surface area contributed by atoms with Crippen molar-refractivity contribution in [1.82, 2.24) is 10.2 Å². The number of hydrogen-bond donors (Lipinski definition) is 2. The van der Waals surface area contributed by atoms with Crippen LogP contribution in [0.25, 0.3) is 0 Å². The van der Waals surface area contributed by atoms with E-state index in [4.69, 9.17) is 5.26 Å². The maximum atomic E-state index is 13.4. The van der Waals surface area contributed by atoms with Crippen molar-refractivity contribution in [2.24, 2.45) is 0 Å². The van der Waals surface area contributed by atoms with E-state index in [9.17, 15) is 9.50 Å². The molecule has 1 aromatic rings. The standard InChI is InChI=1S/C14H18FN3O.2ClH/c1-2-13(18-7-5-17-6-8-18)10-3-4-12(15)11(9-16)14(10)19;;/h3-4,13,17,19H,2,5-8H2,1H3;2*1H/t13-;;/m0../s1. The van der Waals surface area contributed by atoms with Crippen molar-refractivity contribution in [3.05, 3.63) is 29.1 Å². The summed E-state index contributed by atoms with van der Waals surface area (Å²) in [6.07, 6.45) is 0.810. The van der Waals surface area contributed by atoms with Crippen molar-refractivity contribution in [2.45, 2.75) is 19.4 Å². The summed E-state index contributed by atoms with van der Waals surface area (Å²) in [4.78, 5) is 2.25. The molecule has 2 rings (SSSR count). The van der Waals surface area contributed by atoms with Crippen molar-refractivity contribution in [3.63, 3.8) is 0 Å². The zero-order valence-corrected chi connectivity index (χ0v) is 13.4. The van der Waals surface area contributed by atoms with Crippen LogP contribution in [0.4, 0.5) is 4.39 Å². The van der Waals surface area contributed by atoms with Crippen LogP contribution in [0.15, 0.2) is 12.1 Å². The third-order valence-electron chi connectivity index (χ3n) is 3.61. The van der Waals surface area contributed by atoms with Crippen LogP contribution in [0, 0.1) is 17.1 Å². The van der Waals surface area contributed by atoms with Gasteiger partial charge in [-0.15, -0.1) is 24.8 Å². The number of nitrogens with one attached hydrogen (secondary N) is 1. The Morgan fingerprint density at radius 2 is 2.00 bits per heavy atom. The highest BCUT2D eigenvalue weighted by molar-refractivity contribution is 5.85. The molecule has 0 aliphatic carbocycles. The van der Waals surface area contributed by atoms with E-state index in [1.165, 1.54) is 6.07 Å². The van der Waals surface area contributed by atoms with Gasteiger partial charge in [0.2, 0.25) is 0 Å². The fourth-order valence-electron chi connectivity index (χ4n) is 2.63. The zero-order chi connectivity index (χ0) is 13.8. The van der Waals surface area contributed by atoms with Crippen molar-refractivity contribution in [1.29, 1.82) is 5.26 Å². The van der Waals surface area contributed by atoms with Crippen LogP contribution in [0.5, 0.6) is 5.75 Å². The molecule has 0 amide bonds. The minimum Gasteiger partial charge on any atom is -0.506 e. The number of phenols is 1. The second-order valence-corrected chi connectivity index (χ2v) is 4.68. The Kier molecular flexibility index (Phi) is 8.60. The minimum atomic E-state index is -0.668. The molecule has 0 spiro atoms. The van der Waals surface area contributed by atoms with Gasteiger partial charge in [-0.1, -0.05) is 13.0 Å². The molecule has 0 unspecified atom stereocenters. The molecule has 1 fully saturated rings. The third-order valence-corrected chi connectivity index (χ3v) is 3.61. The highest BCUT2D eigenvalue weighted by Crippen LogP contribution is 2.34. The molecule has 1 aromatic carbocycles. The first kappa shape index (κ1) is 19.9. The maximum Gasteiger partial charge on any atom is 0.144 e. The highest BCUT2D eigenvalue weighted by Gasteiger charge is 2.25. The van der Waals surface area contributed by atoms with Crippen LogP contribution in [-0.2, 0) is 0 Å². The number of phenolic OH excluding ortho intramolecular Hbond substituents is 1. The van der Waals surface area contributed by atoms with Gasteiger partial charge < -0.3 is 10.4 Å². The first-order chi connectivity index (χ1) is 9.19. The summed E-state index contributed by atoms with van der Waals surface area (Å²) < 4.78 is 13.4. The Bertz CT molecular complexity index is 502. The second-order valence-electron chi connectivity index (χ2n) is 4.68. The minimum absolute atomic E-state index is 0. The molecule has 7 heteroatoms. The van der Waals surface area contributed by atoms with Crippen LogP contribution in [0.2, 0.25) is 0 Å². The Labute approximate surface area is 136 Å². The lowest BCUT2D eigenvalue weighted by Crippen LogP contribution is -2.45. The first-order valence-corrected chi connectivity index (χ1v) is 6.55. The molecule has 0 saturated carbocycles. The number of benzene rings is 1. The Hall–Kier alpha value is -1.06. The highest BCUT2D eigenvalue weighted by atomic mass is 35.5. The lowest BCUT2D eigenvalue weighted by Gasteiger charge is -2.35. The van der Waals surface area contributed by atoms with Crippen LogP contribution in [-0.4, -0.2) is 36.2 Å². The Morgan fingerprint density at radius 3 is 2.52 bits per heavy atom. The second kappa shape index (κ2) is 9.06. The van der Waals surface area contributed by atoms with Crippen LogP contribution in [0.1, 0.15) is 30.5 Å². The van der Waals surface area contributed by atoms with E-state index in [1.807, 2.05) is 6.92 Å². The summed E-state index contributed by atoms with van der Waals surface area (Å²) >= 11 is 0. The summed E-state index contributed by atoms with van der Waals surface area (Å²) in [5, 5.41) is 22.3. The molecule has 0 radical (unpaired) electrons. The van der Waals surface area contributed by atoms with E-state index in [0.29, 0.717) is 5.56 Å². The topological polar surface area (TPSA) is 59.3 Å². The molecule has 2 N–H and O–H groups in total. The molecule has 1 heterocycles. The van der Waals surface area contributed by atoms with Crippen LogP contribution in [0.3, 0.4) is 0 Å². The molecule has 0 aromatic heterocycles.